The van der Waals surface area contributed by atoms with E-state index in [2.05, 4.69) is 42.9 Å². The molecule has 0 saturated carbocycles. The second kappa shape index (κ2) is 13.5. The molecule has 3 amide bonds. The fraction of sp³-hybridized carbons (Fsp3) is 0.294. The van der Waals surface area contributed by atoms with E-state index < -0.39 is 46.6 Å². The van der Waals surface area contributed by atoms with E-state index in [1.807, 2.05) is 4.90 Å². The first-order valence-electron chi connectivity index (χ1n) is 15.7. The van der Waals surface area contributed by atoms with Crippen LogP contribution in [-0.4, -0.2) is 67.3 Å². The third-order valence-electron chi connectivity index (χ3n) is 8.43. The van der Waals surface area contributed by atoms with Gasteiger partial charge in [-0.15, -0.1) is 5.10 Å². The summed E-state index contributed by atoms with van der Waals surface area (Å²) in [6, 6.07) is 8.73. The Bertz CT molecular complexity index is 2210. The van der Waals surface area contributed by atoms with Gasteiger partial charge in [0.1, 0.15) is 17.1 Å². The Morgan fingerprint density at radius 1 is 1.14 bits per heavy atom. The molecule has 1 atom stereocenters. The number of alkyl halides is 3. The van der Waals surface area contributed by atoms with Crippen LogP contribution in [0.2, 0.25) is 0 Å². The number of benzene rings is 2. The number of anilines is 2. The standard InChI is InChI=1S/C34H31F3N10O4/c1-33(2,32(51)41-25-9-6-22(34(35,36)37)14-28(25)46-13-3-12-40-46)39-17-20(16-38)4-5-21-18-45(19-21)23-7-8-24-26(15-23)43-44-47(31(24)50)27-10-11-29(48)42-30(27)49/h3,6-9,12-17,21,27H,10-11,18-19,38H2,1-2H3,(H,41,51)(H,42,48,49). The minimum Gasteiger partial charge on any atom is -0.404 e. The Hall–Kier alpha value is -6.31. The van der Waals surface area contributed by atoms with E-state index in [0.29, 0.717) is 29.6 Å². The maximum Gasteiger partial charge on any atom is 0.416 e. The highest BCUT2D eigenvalue weighted by Crippen LogP contribution is 2.33. The highest BCUT2D eigenvalue weighted by Gasteiger charge is 2.33. The number of carbonyl (C=O) groups excluding carboxylic acids is 3. The van der Waals surface area contributed by atoms with Gasteiger partial charge in [0, 0.05) is 50.0 Å². The fourth-order valence-corrected chi connectivity index (χ4v) is 5.42. The zero-order valence-corrected chi connectivity index (χ0v) is 27.3. The Morgan fingerprint density at radius 3 is 2.61 bits per heavy atom. The zero-order valence-electron chi connectivity index (χ0n) is 27.3. The summed E-state index contributed by atoms with van der Waals surface area (Å²) in [5, 5.41) is 17.3. The summed E-state index contributed by atoms with van der Waals surface area (Å²) in [6.45, 7) is 4.24. The van der Waals surface area contributed by atoms with Gasteiger partial charge in [0.05, 0.1) is 33.8 Å². The van der Waals surface area contributed by atoms with Crippen molar-refractivity contribution in [3.05, 3.63) is 82.5 Å². The number of hydrogen-bond donors (Lipinski definition) is 3. The van der Waals surface area contributed by atoms with Gasteiger partial charge in [-0.05, 0) is 62.7 Å². The van der Waals surface area contributed by atoms with Crippen LogP contribution in [0, 0.1) is 17.8 Å². The van der Waals surface area contributed by atoms with Crippen molar-refractivity contribution in [3.8, 4) is 17.5 Å². The van der Waals surface area contributed by atoms with Crippen molar-refractivity contribution in [2.24, 2.45) is 16.6 Å². The van der Waals surface area contributed by atoms with Crippen LogP contribution in [0.3, 0.4) is 0 Å². The summed E-state index contributed by atoms with van der Waals surface area (Å²) >= 11 is 0. The van der Waals surface area contributed by atoms with Crippen molar-refractivity contribution >= 4 is 46.2 Å². The smallest absolute Gasteiger partial charge is 0.404 e. The van der Waals surface area contributed by atoms with Gasteiger partial charge < -0.3 is 16.0 Å². The SMILES string of the molecule is CC(C)(N=CC(C#CC1CN(c2ccc3c(=O)n(C4CCC(=O)NC4=O)nnc3c2)C1)=CN)C(=O)Nc1ccc(C(F)(F)F)cc1-n1cccn1. The van der Waals surface area contributed by atoms with Crippen molar-refractivity contribution in [2.75, 3.05) is 23.3 Å². The number of aliphatic imine (C=N–C) groups is 1. The number of rotatable bonds is 7. The molecule has 1 unspecified atom stereocenters. The van der Waals surface area contributed by atoms with E-state index in [1.54, 1.807) is 38.1 Å². The molecule has 4 N–H and O–H groups in total. The highest BCUT2D eigenvalue weighted by atomic mass is 19.4. The van der Waals surface area contributed by atoms with E-state index in [4.69, 9.17) is 5.73 Å². The summed E-state index contributed by atoms with van der Waals surface area (Å²) in [7, 11) is 0. The van der Waals surface area contributed by atoms with Crippen molar-refractivity contribution in [3.63, 3.8) is 0 Å². The third kappa shape index (κ3) is 7.34. The molecular weight excluding hydrogens is 669 g/mol. The van der Waals surface area contributed by atoms with Gasteiger partial charge in [0.15, 0.2) is 0 Å². The molecule has 2 aliphatic rings. The number of nitrogens with zero attached hydrogens (tertiary/aromatic N) is 7. The number of imide groups is 1. The van der Waals surface area contributed by atoms with Crippen LogP contribution in [0.4, 0.5) is 24.5 Å². The molecule has 4 aromatic rings. The summed E-state index contributed by atoms with van der Waals surface area (Å²) in [4.78, 5) is 56.4. The Morgan fingerprint density at radius 2 is 1.92 bits per heavy atom. The molecule has 2 aromatic carbocycles. The number of carbonyl (C=O) groups is 3. The van der Waals surface area contributed by atoms with E-state index >= 15 is 0 Å². The molecule has 2 saturated heterocycles. The van der Waals surface area contributed by atoms with Gasteiger partial charge in [-0.1, -0.05) is 17.1 Å². The predicted molar refractivity (Wildman–Crippen MR) is 181 cm³/mol. The van der Waals surface area contributed by atoms with Gasteiger partial charge in [0.25, 0.3) is 17.4 Å². The molecule has 0 bridgehead atoms. The number of nitrogens with two attached hydrogens (primary N) is 1. The van der Waals surface area contributed by atoms with E-state index in [-0.39, 0.29) is 30.1 Å². The molecule has 0 radical (unpaired) electrons. The van der Waals surface area contributed by atoms with Crippen molar-refractivity contribution in [1.29, 1.82) is 0 Å². The number of halogens is 3. The molecule has 2 aliphatic heterocycles. The average Bonchev–Trinajstić information content (AvgIpc) is 3.61. The predicted octanol–water partition coefficient (Wildman–Crippen LogP) is 2.74. The van der Waals surface area contributed by atoms with Crippen molar-refractivity contribution in [1.82, 2.24) is 30.1 Å². The summed E-state index contributed by atoms with van der Waals surface area (Å²) in [6.07, 6.45) is 1.19. The van der Waals surface area contributed by atoms with E-state index in [9.17, 15) is 32.3 Å². The number of hydrogen-bond acceptors (Lipinski definition) is 10. The van der Waals surface area contributed by atoms with Gasteiger partial charge in [-0.25, -0.2) is 4.68 Å². The molecule has 2 fully saturated rings. The minimum absolute atomic E-state index is 0.0210. The van der Waals surface area contributed by atoms with Crippen LogP contribution in [0.15, 0.2) is 76.4 Å². The Balaban J connectivity index is 1.08. The molecule has 2 aromatic heterocycles. The lowest BCUT2D eigenvalue weighted by atomic mass is 9.99. The lowest BCUT2D eigenvalue weighted by Crippen LogP contribution is -2.46. The molecule has 6 rings (SSSR count). The highest BCUT2D eigenvalue weighted by molar-refractivity contribution is 6.01. The molecule has 51 heavy (non-hydrogen) atoms. The first-order valence-corrected chi connectivity index (χ1v) is 15.7. The van der Waals surface area contributed by atoms with Gasteiger partial charge in [0.2, 0.25) is 5.91 Å². The molecule has 17 heteroatoms. The first kappa shape index (κ1) is 34.5. The van der Waals surface area contributed by atoms with Crippen LogP contribution in [0.5, 0.6) is 0 Å². The normalized spacial score (nSPS) is 17.2. The molecule has 0 aliphatic carbocycles. The topological polar surface area (TPSA) is 182 Å². The maximum absolute atomic E-state index is 13.4. The number of aromatic nitrogens is 5. The minimum atomic E-state index is -4.58. The second-order valence-electron chi connectivity index (χ2n) is 12.5. The first-order chi connectivity index (χ1) is 24.2. The van der Waals surface area contributed by atoms with Gasteiger partial charge >= 0.3 is 6.18 Å². The van der Waals surface area contributed by atoms with Gasteiger partial charge in [-0.3, -0.25) is 29.5 Å². The summed E-state index contributed by atoms with van der Waals surface area (Å²) < 4.78 is 42.4. The molecule has 262 valence electrons. The van der Waals surface area contributed by atoms with Crippen LogP contribution in [0.1, 0.15) is 38.3 Å². The lowest BCUT2D eigenvalue weighted by molar-refractivity contribution is -0.138. The quantitative estimate of drug-likeness (QED) is 0.148. The Labute approximate surface area is 288 Å². The number of nitrogens with one attached hydrogen (secondary N) is 2. The maximum atomic E-state index is 13.4. The molecule has 0 spiro atoms. The van der Waals surface area contributed by atoms with Gasteiger partial charge in [-0.2, -0.15) is 23.0 Å². The lowest BCUT2D eigenvalue weighted by Gasteiger charge is -2.38. The van der Waals surface area contributed by atoms with Crippen molar-refractivity contribution < 1.29 is 27.6 Å². The summed E-state index contributed by atoms with van der Waals surface area (Å²) in [5.74, 6) is 4.53. The number of fused-ring (bicyclic) bond motifs is 1. The van der Waals surface area contributed by atoms with Crippen LogP contribution in [-0.2, 0) is 20.6 Å². The zero-order chi connectivity index (χ0) is 36.5. The largest absolute Gasteiger partial charge is 0.416 e. The van der Waals surface area contributed by atoms with Crippen LogP contribution >= 0.6 is 0 Å². The average molecular weight is 701 g/mol. The monoisotopic (exact) mass is 700 g/mol. The fourth-order valence-electron chi connectivity index (χ4n) is 5.42. The molecular formula is C34H31F3N10O4. The Kier molecular flexibility index (Phi) is 9.17. The third-order valence-corrected chi connectivity index (χ3v) is 8.43. The molecule has 14 nitrogen and oxygen atoms in total. The van der Waals surface area contributed by atoms with Crippen molar-refractivity contribution in [2.45, 2.75) is 44.4 Å². The number of piperidine rings is 1. The number of allylic oxidation sites excluding steroid dienone is 1. The van der Waals surface area contributed by atoms with Crippen LogP contribution < -0.4 is 26.8 Å². The summed E-state index contributed by atoms with van der Waals surface area (Å²) in [5.41, 5.74) is 4.75. The van der Waals surface area contributed by atoms with E-state index in [0.717, 1.165) is 22.5 Å². The number of amides is 3. The van der Waals surface area contributed by atoms with Crippen LogP contribution in [0.25, 0.3) is 16.6 Å². The van der Waals surface area contributed by atoms with E-state index in [1.165, 1.54) is 35.6 Å². The second-order valence-corrected chi connectivity index (χ2v) is 12.5. The molecule has 4 heterocycles.